The molecule has 0 saturated carbocycles. The van der Waals surface area contributed by atoms with E-state index in [2.05, 4.69) is 13.0 Å². The monoisotopic (exact) mass is 928 g/mol. The quantitative estimate of drug-likeness (QED) is 0.114. The molecule has 2 aromatic carbocycles. The predicted octanol–water partition coefficient (Wildman–Crippen LogP) is 12.0. The molecule has 0 N–H and O–H groups in total. The number of ether oxygens (including phenoxy) is 5. The van der Waals surface area contributed by atoms with Crippen molar-refractivity contribution in [3.05, 3.63) is 111 Å². The van der Waals surface area contributed by atoms with Gasteiger partial charge in [-0.05, 0) is 78.8 Å². The smallest absolute Gasteiger partial charge is 0.303 e. The Morgan fingerprint density at radius 2 is 1.02 bits per heavy atom. The van der Waals surface area contributed by atoms with Crippen LogP contribution in [0.5, 0.6) is 0 Å². The molecule has 2 unspecified atom stereocenters. The predicted molar refractivity (Wildman–Crippen MR) is 236 cm³/mol. The minimum atomic E-state index is -0.761. The summed E-state index contributed by atoms with van der Waals surface area (Å²) in [5.74, 6) is -1.17. The Labute approximate surface area is 373 Å². The molecule has 4 aromatic rings. The molecule has 15 heteroatoms. The summed E-state index contributed by atoms with van der Waals surface area (Å²) >= 11 is 29.8. The Bertz CT molecular complexity index is 2050. The summed E-state index contributed by atoms with van der Waals surface area (Å²) in [6.45, 7) is 12.1. The van der Waals surface area contributed by atoms with Gasteiger partial charge in [-0.3, -0.25) is 14.4 Å². The van der Waals surface area contributed by atoms with E-state index in [-0.39, 0.29) is 47.5 Å². The molecule has 2 aliphatic rings. The van der Waals surface area contributed by atoms with Gasteiger partial charge in [0.1, 0.15) is 18.3 Å². The lowest BCUT2D eigenvalue weighted by Gasteiger charge is -2.44. The first-order valence-electron chi connectivity index (χ1n) is 18.9. The standard InChI is InChI=1S/C22H24Cl2O5S.C21H24Cl2O3S2/c1-11-12(2)27-21(22(29-14(4)26)20(11)28-13(3)25)15-5-7-18(23)16(9-15)10-17-6-8-19(24)30-17;1-11-12(2)25-20(21(27-4)19(11)26-13(3)24)14-5-7-17(22)15(9-14)10-16-6-8-18(23)28-16/h5-9,11-12,20-22H,10H2,1-4H3;5-9,11-12,19-21H,10H2,1-4H3/t11-,12-,20+,21?,22-;11-,12-,19+,20?,21-/m11/s1. The number of halogens is 4. The first kappa shape index (κ1) is 46.7. The first-order valence-corrected chi connectivity index (χ1v) is 23.3. The van der Waals surface area contributed by atoms with Crippen molar-refractivity contribution in [3.8, 4) is 0 Å². The van der Waals surface area contributed by atoms with E-state index in [4.69, 9.17) is 70.1 Å². The third-order valence-electron chi connectivity index (χ3n) is 10.4. The molecule has 6 rings (SSSR count). The average molecular weight is 931 g/mol. The van der Waals surface area contributed by atoms with Gasteiger partial charge < -0.3 is 23.7 Å². The van der Waals surface area contributed by atoms with Crippen molar-refractivity contribution in [2.45, 2.75) is 109 Å². The lowest BCUT2D eigenvalue weighted by molar-refractivity contribution is -0.222. The highest BCUT2D eigenvalue weighted by molar-refractivity contribution is 7.99. The van der Waals surface area contributed by atoms with Crippen molar-refractivity contribution < 1.29 is 38.1 Å². The van der Waals surface area contributed by atoms with Crippen LogP contribution < -0.4 is 0 Å². The molecule has 2 fully saturated rings. The number of benzene rings is 2. The van der Waals surface area contributed by atoms with Gasteiger partial charge in [0.05, 0.1) is 32.2 Å². The van der Waals surface area contributed by atoms with Gasteiger partial charge in [0.15, 0.2) is 6.10 Å². The molecule has 2 aliphatic heterocycles. The number of hydrogen-bond donors (Lipinski definition) is 0. The molecule has 8 nitrogen and oxygen atoms in total. The van der Waals surface area contributed by atoms with Crippen LogP contribution in [0, 0.1) is 11.8 Å². The highest BCUT2D eigenvalue weighted by Crippen LogP contribution is 2.44. The van der Waals surface area contributed by atoms with Crippen molar-refractivity contribution in [3.63, 3.8) is 0 Å². The van der Waals surface area contributed by atoms with Gasteiger partial charge >= 0.3 is 17.9 Å². The fourth-order valence-electron chi connectivity index (χ4n) is 7.27. The molecular weight excluding hydrogens is 882 g/mol. The number of carbonyl (C=O) groups is 3. The molecule has 2 aromatic heterocycles. The molecule has 0 amide bonds. The maximum absolute atomic E-state index is 11.8. The van der Waals surface area contributed by atoms with E-state index in [1.54, 1.807) is 29.2 Å². The zero-order chi connectivity index (χ0) is 42.4. The second-order valence-corrected chi connectivity index (χ2v) is 20.1. The van der Waals surface area contributed by atoms with Crippen molar-refractivity contribution in [2.24, 2.45) is 11.8 Å². The topological polar surface area (TPSA) is 97.4 Å². The largest absolute Gasteiger partial charge is 0.461 e. The second-order valence-electron chi connectivity index (χ2n) is 14.6. The summed E-state index contributed by atoms with van der Waals surface area (Å²) in [5.41, 5.74) is 3.81. The number of rotatable bonds is 10. The van der Waals surface area contributed by atoms with Gasteiger partial charge in [-0.1, -0.05) is 84.5 Å². The molecular formula is C43H48Cl4O8S3. The zero-order valence-corrected chi connectivity index (χ0v) is 38.9. The molecule has 0 radical (unpaired) electrons. The van der Waals surface area contributed by atoms with E-state index in [1.165, 1.54) is 32.1 Å². The second kappa shape index (κ2) is 21.0. The minimum absolute atomic E-state index is 0.0142. The maximum atomic E-state index is 11.8. The highest BCUT2D eigenvalue weighted by Gasteiger charge is 2.47. The SMILES string of the molecule is CC(=O)O[C@H]1[C@H](C)[C@@H](C)OC(c2ccc(Cl)c(Cc3ccc(Cl)s3)c2)[C@@H]1OC(C)=O.CS[C@H]1C(c2ccc(Cl)c(Cc3ccc(Cl)s3)c2)O[C@H](C)[C@@H](C)[C@@H]1OC(C)=O. The Morgan fingerprint density at radius 1 is 0.603 bits per heavy atom. The molecule has 4 heterocycles. The first-order chi connectivity index (χ1) is 27.4. The molecule has 0 aliphatic carbocycles. The van der Waals surface area contributed by atoms with Crippen molar-refractivity contribution in [1.29, 1.82) is 0 Å². The number of thiophene rings is 2. The Kier molecular flexibility index (Phi) is 16.9. The van der Waals surface area contributed by atoms with Gasteiger partial charge in [0.2, 0.25) is 0 Å². The van der Waals surface area contributed by atoms with E-state index >= 15 is 0 Å². The summed E-state index contributed by atoms with van der Waals surface area (Å²) in [6, 6.07) is 19.4. The van der Waals surface area contributed by atoms with Crippen molar-refractivity contribution in [1.82, 2.24) is 0 Å². The lowest BCUT2D eigenvalue weighted by Crippen LogP contribution is -2.52. The molecule has 58 heavy (non-hydrogen) atoms. The molecule has 0 spiro atoms. The van der Waals surface area contributed by atoms with Crippen LogP contribution in [0.2, 0.25) is 18.7 Å². The highest BCUT2D eigenvalue weighted by atomic mass is 35.5. The minimum Gasteiger partial charge on any atom is -0.461 e. The number of carbonyl (C=O) groups excluding carboxylic acids is 3. The van der Waals surface area contributed by atoms with Crippen LogP contribution in [0.15, 0.2) is 60.7 Å². The molecule has 10 atom stereocenters. The Balaban J connectivity index is 0.000000221. The van der Waals surface area contributed by atoms with E-state index in [9.17, 15) is 14.4 Å². The third-order valence-corrected chi connectivity index (χ3v) is 14.7. The van der Waals surface area contributed by atoms with Gasteiger partial charge in [0.25, 0.3) is 0 Å². The summed E-state index contributed by atoms with van der Waals surface area (Å²) in [5, 5.41) is 1.36. The van der Waals surface area contributed by atoms with Gasteiger partial charge in [-0.2, -0.15) is 11.8 Å². The van der Waals surface area contributed by atoms with Crippen molar-refractivity contribution in [2.75, 3.05) is 6.26 Å². The van der Waals surface area contributed by atoms with Crippen LogP contribution in [0.1, 0.15) is 92.7 Å². The summed E-state index contributed by atoms with van der Waals surface area (Å²) in [4.78, 5) is 37.5. The van der Waals surface area contributed by atoms with Gasteiger partial charge in [-0.15, -0.1) is 22.7 Å². The fraction of sp³-hybridized carbons (Fsp3) is 0.465. The van der Waals surface area contributed by atoms with E-state index in [1.807, 2.05) is 75.6 Å². The summed E-state index contributed by atoms with van der Waals surface area (Å²) in [6.07, 6.45) is 0.809. The number of esters is 3. The van der Waals surface area contributed by atoms with Gasteiger partial charge in [-0.25, -0.2) is 0 Å². The van der Waals surface area contributed by atoms with Gasteiger partial charge in [0, 0.05) is 65.2 Å². The van der Waals surface area contributed by atoms with Crippen LogP contribution >= 0.6 is 80.8 Å². The summed E-state index contributed by atoms with van der Waals surface area (Å²) in [7, 11) is 0. The maximum Gasteiger partial charge on any atom is 0.303 e. The Morgan fingerprint density at radius 3 is 1.45 bits per heavy atom. The summed E-state index contributed by atoms with van der Waals surface area (Å²) < 4.78 is 30.9. The normalized spacial score (nSPS) is 26.9. The average Bonchev–Trinajstić information content (AvgIpc) is 3.77. The van der Waals surface area contributed by atoms with Crippen LogP contribution in [0.25, 0.3) is 0 Å². The van der Waals surface area contributed by atoms with Crippen LogP contribution in [-0.4, -0.2) is 59.9 Å². The molecule has 314 valence electrons. The van der Waals surface area contributed by atoms with Crippen LogP contribution in [-0.2, 0) is 50.9 Å². The van der Waals surface area contributed by atoms with E-state index in [0.29, 0.717) is 11.4 Å². The lowest BCUT2D eigenvalue weighted by atomic mass is 9.85. The van der Waals surface area contributed by atoms with E-state index < -0.39 is 30.3 Å². The fourth-order valence-corrected chi connectivity index (χ4v) is 10.9. The van der Waals surface area contributed by atoms with Crippen molar-refractivity contribution >= 4 is 98.7 Å². The number of thioether (sulfide) groups is 1. The number of hydrogen-bond acceptors (Lipinski definition) is 11. The Hall–Kier alpha value is -2.32. The third kappa shape index (κ3) is 11.9. The van der Waals surface area contributed by atoms with E-state index in [0.717, 1.165) is 52.1 Å². The van der Waals surface area contributed by atoms with Crippen LogP contribution in [0.3, 0.4) is 0 Å². The zero-order valence-electron chi connectivity index (χ0n) is 33.5. The molecule has 0 bridgehead atoms. The molecule has 2 saturated heterocycles. The van der Waals surface area contributed by atoms with Crippen LogP contribution in [0.4, 0.5) is 0 Å².